The van der Waals surface area contributed by atoms with Crippen LogP contribution in [0, 0.1) is 0 Å². The van der Waals surface area contributed by atoms with E-state index < -0.39 is 0 Å². The lowest BCUT2D eigenvalue weighted by molar-refractivity contribution is -0.140. The normalized spacial score (nSPS) is 21.8. The molecule has 2 heterocycles. The number of carbonyl (C=O) groups is 2. The summed E-state index contributed by atoms with van der Waals surface area (Å²) < 4.78 is 0. The number of thioether (sulfide) groups is 2. The summed E-state index contributed by atoms with van der Waals surface area (Å²) in [7, 11) is 0. The molecular weight excluding hydrogens is 328 g/mol. The molecule has 1 unspecified atom stereocenters. The fourth-order valence-corrected chi connectivity index (χ4v) is 4.74. The van der Waals surface area contributed by atoms with Crippen LogP contribution >= 0.6 is 23.5 Å². The molecule has 1 aromatic rings. The van der Waals surface area contributed by atoms with E-state index in [0.29, 0.717) is 11.6 Å². The van der Waals surface area contributed by atoms with Crippen LogP contribution < -0.4 is 0 Å². The van der Waals surface area contributed by atoms with Crippen LogP contribution in [0.2, 0.25) is 0 Å². The van der Waals surface area contributed by atoms with Crippen LogP contribution in [-0.2, 0) is 9.59 Å². The smallest absolute Gasteiger partial charge is 0.247 e. The largest absolute Gasteiger partial charge is 0.339 e. The fraction of sp³-hybridized carbons (Fsp3) is 0.412. The summed E-state index contributed by atoms with van der Waals surface area (Å²) in [6.07, 6.45) is 3.39. The van der Waals surface area contributed by atoms with E-state index in [1.807, 2.05) is 53.1 Å². The minimum absolute atomic E-state index is 0.0800. The van der Waals surface area contributed by atoms with Crippen molar-refractivity contribution in [2.75, 3.05) is 36.2 Å². The van der Waals surface area contributed by atoms with Crippen LogP contribution in [0.3, 0.4) is 0 Å². The van der Waals surface area contributed by atoms with Crippen LogP contribution in [0.1, 0.15) is 5.56 Å². The topological polar surface area (TPSA) is 40.6 Å². The van der Waals surface area contributed by atoms with Crippen molar-refractivity contribution in [3.8, 4) is 0 Å². The monoisotopic (exact) mass is 348 g/mol. The van der Waals surface area contributed by atoms with Crippen molar-refractivity contribution in [1.82, 2.24) is 9.80 Å². The number of rotatable bonds is 3. The molecule has 6 heteroatoms. The summed E-state index contributed by atoms with van der Waals surface area (Å²) in [4.78, 5) is 28.8. The van der Waals surface area contributed by atoms with Crippen molar-refractivity contribution >= 4 is 41.4 Å². The van der Waals surface area contributed by atoms with Crippen molar-refractivity contribution in [3.63, 3.8) is 0 Å². The standard InChI is InChI=1S/C17H20N2O2S2/c20-16(7-6-14-4-2-1-3-5-14)19-13-23-12-15(19)17(21)18-8-10-22-11-9-18/h1-7,15H,8-13H2/b7-6-. The Morgan fingerprint density at radius 2 is 1.83 bits per heavy atom. The molecule has 1 aromatic carbocycles. The van der Waals surface area contributed by atoms with Gasteiger partial charge in [-0.15, -0.1) is 11.8 Å². The summed E-state index contributed by atoms with van der Waals surface area (Å²) in [6.45, 7) is 1.60. The van der Waals surface area contributed by atoms with Crippen LogP contribution in [0.4, 0.5) is 0 Å². The molecule has 0 spiro atoms. The van der Waals surface area contributed by atoms with Gasteiger partial charge < -0.3 is 9.80 Å². The molecule has 2 aliphatic rings. The van der Waals surface area contributed by atoms with Gasteiger partial charge in [0.25, 0.3) is 0 Å². The number of nitrogens with zero attached hydrogens (tertiary/aromatic N) is 2. The Morgan fingerprint density at radius 1 is 1.09 bits per heavy atom. The molecule has 2 aliphatic heterocycles. The summed E-state index contributed by atoms with van der Waals surface area (Å²) >= 11 is 3.53. The lowest BCUT2D eigenvalue weighted by Crippen LogP contribution is -2.50. The average Bonchev–Trinajstić information content (AvgIpc) is 3.10. The van der Waals surface area contributed by atoms with Crippen molar-refractivity contribution < 1.29 is 9.59 Å². The van der Waals surface area contributed by atoms with Crippen LogP contribution in [0.5, 0.6) is 0 Å². The molecule has 4 nitrogen and oxygen atoms in total. The first-order valence-electron chi connectivity index (χ1n) is 7.74. The van der Waals surface area contributed by atoms with Crippen LogP contribution in [0.25, 0.3) is 6.08 Å². The highest BCUT2D eigenvalue weighted by atomic mass is 32.2. The third-order valence-electron chi connectivity index (χ3n) is 3.99. The zero-order chi connectivity index (χ0) is 16.1. The average molecular weight is 348 g/mol. The Balaban J connectivity index is 1.64. The maximum atomic E-state index is 12.7. The molecule has 0 N–H and O–H groups in total. The third-order valence-corrected chi connectivity index (χ3v) is 5.95. The molecule has 0 saturated carbocycles. The van der Waals surface area contributed by atoms with E-state index in [2.05, 4.69) is 0 Å². The predicted octanol–water partition coefficient (Wildman–Crippen LogP) is 2.18. The number of carbonyl (C=O) groups excluding carboxylic acids is 2. The van der Waals surface area contributed by atoms with Gasteiger partial charge in [-0.3, -0.25) is 9.59 Å². The molecule has 23 heavy (non-hydrogen) atoms. The Hall–Kier alpha value is -1.40. The third kappa shape index (κ3) is 4.12. The van der Waals surface area contributed by atoms with Gasteiger partial charge in [0.1, 0.15) is 6.04 Å². The molecular formula is C17H20N2O2S2. The maximum absolute atomic E-state index is 12.7. The first-order valence-corrected chi connectivity index (χ1v) is 10.0. The number of hydrogen-bond donors (Lipinski definition) is 0. The summed E-state index contributed by atoms with van der Waals surface area (Å²) in [5.74, 6) is 3.31. The number of benzene rings is 1. The fourth-order valence-electron chi connectivity index (χ4n) is 2.69. The van der Waals surface area contributed by atoms with E-state index in [1.54, 1.807) is 22.7 Å². The second kappa shape index (κ2) is 7.93. The van der Waals surface area contributed by atoms with Gasteiger partial charge in [0.2, 0.25) is 11.8 Å². The van der Waals surface area contributed by atoms with E-state index in [1.165, 1.54) is 0 Å². The summed E-state index contributed by atoms with van der Waals surface area (Å²) in [5.41, 5.74) is 0.989. The summed E-state index contributed by atoms with van der Waals surface area (Å²) in [6, 6.07) is 9.43. The molecule has 0 aromatic heterocycles. The van der Waals surface area contributed by atoms with Crippen LogP contribution in [-0.4, -0.2) is 63.9 Å². The van der Waals surface area contributed by atoms with Gasteiger partial charge in [-0.05, 0) is 11.6 Å². The van der Waals surface area contributed by atoms with Gasteiger partial charge in [0.15, 0.2) is 0 Å². The van der Waals surface area contributed by atoms with E-state index in [-0.39, 0.29) is 17.9 Å². The molecule has 2 amide bonds. The SMILES string of the molecule is O=C(C1CSCN1C(=O)/C=C\c1ccccc1)N1CCSCC1. The Kier molecular flexibility index (Phi) is 5.67. The Labute approximate surface area is 145 Å². The zero-order valence-corrected chi connectivity index (χ0v) is 14.5. The molecule has 3 rings (SSSR count). The lowest BCUT2D eigenvalue weighted by Gasteiger charge is -2.31. The molecule has 1 atom stereocenters. The summed E-state index contributed by atoms with van der Waals surface area (Å²) in [5, 5.41) is 0. The van der Waals surface area contributed by atoms with Gasteiger partial charge in [-0.25, -0.2) is 0 Å². The highest BCUT2D eigenvalue weighted by Crippen LogP contribution is 2.24. The van der Waals surface area contributed by atoms with Crippen molar-refractivity contribution in [3.05, 3.63) is 42.0 Å². The highest BCUT2D eigenvalue weighted by Gasteiger charge is 2.36. The van der Waals surface area contributed by atoms with Gasteiger partial charge in [-0.2, -0.15) is 11.8 Å². The minimum atomic E-state index is -0.309. The minimum Gasteiger partial charge on any atom is -0.339 e. The molecule has 122 valence electrons. The van der Waals surface area contributed by atoms with Gasteiger partial charge in [0.05, 0.1) is 5.88 Å². The van der Waals surface area contributed by atoms with Gasteiger partial charge in [-0.1, -0.05) is 30.3 Å². The second-order valence-electron chi connectivity index (χ2n) is 5.51. The molecule has 0 aliphatic carbocycles. The van der Waals surface area contributed by atoms with Gasteiger partial charge in [0, 0.05) is 36.4 Å². The van der Waals surface area contributed by atoms with E-state index in [4.69, 9.17) is 0 Å². The Bertz CT molecular complexity index is 586. The molecule has 0 bridgehead atoms. The van der Waals surface area contributed by atoms with Crippen molar-refractivity contribution in [1.29, 1.82) is 0 Å². The first kappa shape index (κ1) is 16.5. The quantitative estimate of drug-likeness (QED) is 0.785. The number of amides is 2. The molecule has 2 fully saturated rings. The molecule has 2 saturated heterocycles. The Morgan fingerprint density at radius 3 is 2.57 bits per heavy atom. The van der Waals surface area contributed by atoms with E-state index in [9.17, 15) is 9.59 Å². The predicted molar refractivity (Wildman–Crippen MR) is 97.3 cm³/mol. The van der Waals surface area contributed by atoms with Crippen molar-refractivity contribution in [2.45, 2.75) is 6.04 Å². The van der Waals surface area contributed by atoms with Crippen LogP contribution in [0.15, 0.2) is 36.4 Å². The lowest BCUT2D eigenvalue weighted by atomic mass is 10.2. The van der Waals surface area contributed by atoms with Crippen molar-refractivity contribution in [2.24, 2.45) is 0 Å². The first-order chi connectivity index (χ1) is 11.3. The van der Waals surface area contributed by atoms with E-state index >= 15 is 0 Å². The van der Waals surface area contributed by atoms with Gasteiger partial charge >= 0.3 is 0 Å². The highest BCUT2D eigenvalue weighted by molar-refractivity contribution is 7.99. The van der Waals surface area contributed by atoms with E-state index in [0.717, 1.165) is 30.2 Å². The maximum Gasteiger partial charge on any atom is 0.247 e. The second-order valence-corrected chi connectivity index (χ2v) is 7.73. The molecule has 0 radical (unpaired) electrons. The zero-order valence-electron chi connectivity index (χ0n) is 12.9. The number of hydrogen-bond acceptors (Lipinski definition) is 4.